The molecule has 11 nitrogen and oxygen atoms in total. The summed E-state index contributed by atoms with van der Waals surface area (Å²) >= 11 is 6.33. The minimum absolute atomic E-state index is 0.0145. The number of amides is 2. The first-order chi connectivity index (χ1) is 21.8. The molecule has 0 radical (unpaired) electrons. The van der Waals surface area contributed by atoms with Crippen molar-refractivity contribution >= 4 is 39.3 Å². The van der Waals surface area contributed by atoms with Gasteiger partial charge < -0.3 is 28.7 Å². The Labute approximate surface area is 274 Å². The van der Waals surface area contributed by atoms with E-state index in [-0.39, 0.29) is 23.3 Å². The number of carbonyl (C=O) groups excluding carboxylic acids is 2. The third-order valence-corrected chi connectivity index (χ3v) is 11.1. The smallest absolute Gasteiger partial charge is 0.409 e. The van der Waals surface area contributed by atoms with E-state index in [1.54, 1.807) is 32.3 Å². The molecule has 4 aliphatic rings. The van der Waals surface area contributed by atoms with Crippen LogP contribution in [0.5, 0.6) is 11.5 Å². The van der Waals surface area contributed by atoms with Crippen LogP contribution in [0, 0.1) is 11.8 Å². The molecule has 0 unspecified atom stereocenters. The van der Waals surface area contributed by atoms with Gasteiger partial charge in [-0.25, -0.2) is 17.9 Å². The zero-order chi connectivity index (χ0) is 32.9. The fourth-order valence-electron chi connectivity index (χ4n) is 6.61. The summed E-state index contributed by atoms with van der Waals surface area (Å²) in [5.74, 6) is 0.589. The highest BCUT2D eigenvalue weighted by Crippen LogP contribution is 2.47. The molecule has 1 fully saturated rings. The zero-order valence-corrected chi connectivity index (χ0v) is 28.0. The Balaban J connectivity index is 1.44. The molecule has 1 aliphatic carbocycles. The standard InChI is InChI=1S/C33H40ClN3O8S/c1-32(2)30(38)35-46(40,41)23-9-12-28-26(17-23)37(19-33(20-43-28)13-15-42-29-16-22(34)8-11-25(29)33)18-21-7-10-24(21)27(6-5-14-44-32)45-31(39)36(3)4/h5-6,8-9,11-12,16-17,21,24,27H,7,10,13-15,18-20H2,1-4H3,(H,35,38)/b6-5+/t21-,24+,27-,33-/m0/s1. The van der Waals surface area contributed by atoms with Gasteiger partial charge in [0, 0.05) is 43.7 Å². The van der Waals surface area contributed by atoms with Crippen molar-refractivity contribution in [1.82, 2.24) is 9.62 Å². The highest BCUT2D eigenvalue weighted by Gasteiger charge is 2.46. The predicted octanol–water partition coefficient (Wildman–Crippen LogP) is 4.52. The van der Waals surface area contributed by atoms with E-state index in [1.165, 1.54) is 24.8 Å². The number of hydrogen-bond acceptors (Lipinski definition) is 9. The molecule has 0 saturated heterocycles. The van der Waals surface area contributed by atoms with Gasteiger partial charge in [-0.05, 0) is 75.4 Å². The number of rotatable bonds is 1. The quantitative estimate of drug-likeness (QED) is 0.435. The summed E-state index contributed by atoms with van der Waals surface area (Å²) in [6, 6.07) is 10.3. The van der Waals surface area contributed by atoms with Crippen LogP contribution in [-0.2, 0) is 29.7 Å². The van der Waals surface area contributed by atoms with Gasteiger partial charge in [-0.1, -0.05) is 23.7 Å². The Morgan fingerprint density at radius 2 is 1.91 bits per heavy atom. The Bertz CT molecular complexity index is 1660. The van der Waals surface area contributed by atoms with Gasteiger partial charge in [-0.3, -0.25) is 4.79 Å². The van der Waals surface area contributed by atoms with E-state index in [4.69, 9.17) is 30.5 Å². The zero-order valence-electron chi connectivity index (χ0n) is 26.5. The lowest BCUT2D eigenvalue weighted by Crippen LogP contribution is -2.50. The lowest BCUT2D eigenvalue weighted by Gasteiger charge is -2.45. The van der Waals surface area contributed by atoms with Crippen molar-refractivity contribution in [1.29, 1.82) is 0 Å². The largest absolute Gasteiger partial charge is 0.493 e. The number of nitrogens with one attached hydrogen (secondary N) is 1. The summed E-state index contributed by atoms with van der Waals surface area (Å²) in [5.41, 5.74) is -0.338. The molecule has 3 aliphatic heterocycles. The molecule has 0 aromatic heterocycles. The van der Waals surface area contributed by atoms with Gasteiger partial charge in [0.05, 0.1) is 35.8 Å². The van der Waals surface area contributed by atoms with Crippen LogP contribution in [0.3, 0.4) is 0 Å². The topological polar surface area (TPSA) is 124 Å². The number of sulfonamides is 1. The third-order valence-electron chi connectivity index (χ3n) is 9.53. The number of nitrogens with zero attached hydrogens (tertiary/aromatic N) is 2. The average Bonchev–Trinajstić information content (AvgIpc) is 3.13. The summed E-state index contributed by atoms with van der Waals surface area (Å²) < 4.78 is 53.5. The molecular weight excluding hydrogens is 634 g/mol. The summed E-state index contributed by atoms with van der Waals surface area (Å²) in [6.07, 6.45) is 5.00. The van der Waals surface area contributed by atoms with E-state index >= 15 is 0 Å². The van der Waals surface area contributed by atoms with Crippen LogP contribution in [0.2, 0.25) is 5.02 Å². The molecule has 2 bridgehead atoms. The number of hydrogen-bond donors (Lipinski definition) is 1. The van der Waals surface area contributed by atoms with Crippen LogP contribution in [-0.4, -0.2) is 84.0 Å². The van der Waals surface area contributed by atoms with Gasteiger partial charge in [0.15, 0.2) is 0 Å². The Kier molecular flexibility index (Phi) is 8.66. The van der Waals surface area contributed by atoms with Crippen molar-refractivity contribution in [2.24, 2.45) is 11.8 Å². The van der Waals surface area contributed by atoms with E-state index < -0.39 is 39.1 Å². The van der Waals surface area contributed by atoms with Crippen molar-refractivity contribution < 1.29 is 37.0 Å². The van der Waals surface area contributed by atoms with Gasteiger partial charge >= 0.3 is 6.09 Å². The monoisotopic (exact) mass is 673 g/mol. The van der Waals surface area contributed by atoms with E-state index in [2.05, 4.69) is 9.62 Å². The second kappa shape index (κ2) is 12.3. The van der Waals surface area contributed by atoms with Crippen LogP contribution in [0.1, 0.15) is 38.7 Å². The second-order valence-corrected chi connectivity index (χ2v) is 15.4. The number of carbonyl (C=O) groups is 2. The van der Waals surface area contributed by atoms with Crippen molar-refractivity contribution in [2.75, 3.05) is 51.9 Å². The van der Waals surface area contributed by atoms with Crippen LogP contribution < -0.4 is 19.1 Å². The molecule has 46 heavy (non-hydrogen) atoms. The number of halogens is 1. The molecule has 1 spiro atoms. The molecule has 2 aromatic carbocycles. The first-order valence-corrected chi connectivity index (χ1v) is 17.3. The van der Waals surface area contributed by atoms with Gasteiger partial charge in [0.1, 0.15) is 23.2 Å². The van der Waals surface area contributed by atoms with Gasteiger partial charge in [0.25, 0.3) is 15.9 Å². The summed E-state index contributed by atoms with van der Waals surface area (Å²) in [5, 5.41) is 0.577. The maximum atomic E-state index is 13.5. The minimum Gasteiger partial charge on any atom is -0.493 e. The molecule has 2 aromatic rings. The first kappa shape index (κ1) is 32.5. The van der Waals surface area contributed by atoms with Crippen molar-refractivity contribution in [3.05, 3.63) is 59.1 Å². The van der Waals surface area contributed by atoms with E-state index in [0.717, 1.165) is 18.4 Å². The molecule has 13 heteroatoms. The lowest BCUT2D eigenvalue weighted by atomic mass is 9.69. The highest BCUT2D eigenvalue weighted by molar-refractivity contribution is 7.90. The molecule has 248 valence electrons. The molecular formula is C33H40ClN3O8S. The van der Waals surface area contributed by atoms with Gasteiger partial charge in [-0.2, -0.15) is 0 Å². The van der Waals surface area contributed by atoms with Gasteiger partial charge in [-0.15, -0.1) is 0 Å². The normalized spacial score (nSPS) is 28.9. The van der Waals surface area contributed by atoms with Crippen molar-refractivity contribution in [3.8, 4) is 11.5 Å². The maximum absolute atomic E-state index is 13.5. The number of ether oxygens (including phenoxy) is 4. The maximum Gasteiger partial charge on any atom is 0.409 e. The number of benzene rings is 2. The summed E-state index contributed by atoms with van der Waals surface area (Å²) in [4.78, 5) is 29.4. The highest BCUT2D eigenvalue weighted by atomic mass is 35.5. The Hall–Kier alpha value is -3.48. The molecule has 1 saturated carbocycles. The third kappa shape index (κ3) is 6.26. The Morgan fingerprint density at radius 1 is 1.11 bits per heavy atom. The van der Waals surface area contributed by atoms with Crippen LogP contribution in [0.25, 0.3) is 0 Å². The van der Waals surface area contributed by atoms with Crippen LogP contribution >= 0.6 is 11.6 Å². The minimum atomic E-state index is -4.25. The van der Waals surface area contributed by atoms with Crippen molar-refractivity contribution in [2.45, 2.75) is 55.1 Å². The molecule has 2 amide bonds. The number of fused-ring (bicyclic) bond motifs is 4. The summed E-state index contributed by atoms with van der Waals surface area (Å²) in [7, 11) is -0.965. The van der Waals surface area contributed by atoms with Crippen molar-refractivity contribution in [3.63, 3.8) is 0 Å². The van der Waals surface area contributed by atoms with E-state index in [1.807, 2.05) is 24.3 Å². The lowest BCUT2D eigenvalue weighted by molar-refractivity contribution is -0.139. The van der Waals surface area contributed by atoms with E-state index in [9.17, 15) is 18.0 Å². The molecule has 4 atom stereocenters. The predicted molar refractivity (Wildman–Crippen MR) is 172 cm³/mol. The van der Waals surface area contributed by atoms with E-state index in [0.29, 0.717) is 54.9 Å². The van der Waals surface area contributed by atoms with Crippen LogP contribution in [0.15, 0.2) is 53.4 Å². The molecule has 6 rings (SSSR count). The molecule has 3 heterocycles. The SMILES string of the molecule is CN(C)C(=O)O[C@H]1/C=C/COC(C)(C)C(=O)NS(=O)(=O)c2ccc3c(c2)N(C[C@@H]2CC[C@H]21)C[C@@]1(CCOc2cc(Cl)ccc21)CO3. The molecule has 1 N–H and O–H groups in total. The average molecular weight is 674 g/mol. The first-order valence-electron chi connectivity index (χ1n) is 15.5. The Morgan fingerprint density at radius 3 is 2.65 bits per heavy atom. The fourth-order valence-corrected chi connectivity index (χ4v) is 7.89. The summed E-state index contributed by atoms with van der Waals surface area (Å²) in [6.45, 7) is 4.94. The van der Waals surface area contributed by atoms with Gasteiger partial charge in [0.2, 0.25) is 0 Å². The number of anilines is 1. The van der Waals surface area contributed by atoms with Crippen LogP contribution in [0.4, 0.5) is 10.5 Å². The fraction of sp³-hybridized carbons (Fsp3) is 0.515. The second-order valence-electron chi connectivity index (χ2n) is 13.2.